The molecule has 1 aromatic carbocycles. The molecule has 1 aromatic rings. The first kappa shape index (κ1) is 15.4. The summed E-state index contributed by atoms with van der Waals surface area (Å²) in [6, 6.07) is 4.80. The van der Waals surface area contributed by atoms with Crippen LogP contribution in [-0.4, -0.2) is 23.1 Å². The molecule has 3 N–H and O–H groups in total. The molecule has 5 heteroatoms. The SMILES string of the molecule is Cc1ccc(NC(=O)NC2CCC(C)C2C)cc1C(=O)O. The van der Waals surface area contributed by atoms with Crippen LogP contribution in [0.4, 0.5) is 10.5 Å². The van der Waals surface area contributed by atoms with Crippen molar-refractivity contribution in [2.45, 2.75) is 39.7 Å². The van der Waals surface area contributed by atoms with E-state index in [4.69, 9.17) is 5.11 Å². The van der Waals surface area contributed by atoms with Gasteiger partial charge in [0.15, 0.2) is 0 Å². The average Bonchev–Trinajstić information content (AvgIpc) is 2.72. The van der Waals surface area contributed by atoms with Gasteiger partial charge in [-0.3, -0.25) is 0 Å². The Morgan fingerprint density at radius 2 is 1.95 bits per heavy atom. The maximum Gasteiger partial charge on any atom is 0.336 e. The number of amides is 2. The standard InChI is InChI=1S/C16H22N2O3/c1-9-5-7-14(11(9)3)18-16(21)17-12-6-4-10(2)13(8-12)15(19)20/h4,6,8-9,11,14H,5,7H2,1-3H3,(H,19,20)(H2,17,18,21). The van der Waals surface area contributed by atoms with Crippen molar-refractivity contribution in [1.29, 1.82) is 0 Å². The predicted octanol–water partition coefficient (Wildman–Crippen LogP) is 3.25. The molecule has 2 amide bonds. The monoisotopic (exact) mass is 290 g/mol. The fourth-order valence-electron chi connectivity index (χ4n) is 2.83. The molecule has 3 unspecified atom stereocenters. The number of hydrogen-bond acceptors (Lipinski definition) is 2. The molecule has 21 heavy (non-hydrogen) atoms. The van der Waals surface area contributed by atoms with E-state index in [1.165, 1.54) is 6.07 Å². The number of nitrogens with one attached hydrogen (secondary N) is 2. The van der Waals surface area contributed by atoms with Gasteiger partial charge in [0.05, 0.1) is 5.56 Å². The van der Waals surface area contributed by atoms with Crippen LogP contribution in [0.15, 0.2) is 18.2 Å². The number of hydrogen-bond donors (Lipinski definition) is 3. The lowest BCUT2D eigenvalue weighted by Crippen LogP contribution is -2.40. The van der Waals surface area contributed by atoms with E-state index in [9.17, 15) is 9.59 Å². The second kappa shape index (κ2) is 6.16. The summed E-state index contributed by atoms with van der Waals surface area (Å²) in [5.41, 5.74) is 1.37. The van der Waals surface area contributed by atoms with Crippen molar-refractivity contribution < 1.29 is 14.7 Å². The van der Waals surface area contributed by atoms with Gasteiger partial charge < -0.3 is 15.7 Å². The summed E-state index contributed by atoms with van der Waals surface area (Å²) in [5, 5.41) is 14.8. The Kier molecular flexibility index (Phi) is 4.50. The molecule has 5 nitrogen and oxygen atoms in total. The zero-order valence-electron chi connectivity index (χ0n) is 12.6. The first-order valence-corrected chi connectivity index (χ1v) is 7.30. The largest absolute Gasteiger partial charge is 0.478 e. The molecule has 0 saturated heterocycles. The number of aryl methyl sites for hydroxylation is 1. The van der Waals surface area contributed by atoms with Crippen molar-refractivity contribution in [3.8, 4) is 0 Å². The summed E-state index contributed by atoms with van der Waals surface area (Å²) in [6.07, 6.45) is 2.11. The van der Waals surface area contributed by atoms with E-state index in [0.29, 0.717) is 23.1 Å². The van der Waals surface area contributed by atoms with Crippen LogP contribution < -0.4 is 10.6 Å². The first-order valence-electron chi connectivity index (χ1n) is 7.30. The Morgan fingerprint density at radius 3 is 2.52 bits per heavy atom. The number of urea groups is 1. The lowest BCUT2D eigenvalue weighted by atomic mass is 9.98. The van der Waals surface area contributed by atoms with Crippen LogP contribution in [0, 0.1) is 18.8 Å². The Labute approximate surface area is 124 Å². The van der Waals surface area contributed by atoms with Gasteiger partial charge in [-0.15, -0.1) is 0 Å². The molecule has 3 atom stereocenters. The van der Waals surface area contributed by atoms with E-state index in [-0.39, 0.29) is 17.6 Å². The first-order chi connectivity index (χ1) is 9.88. The maximum absolute atomic E-state index is 12.0. The van der Waals surface area contributed by atoms with Gasteiger partial charge in [-0.05, 0) is 49.3 Å². The van der Waals surface area contributed by atoms with Gasteiger partial charge in [-0.1, -0.05) is 19.9 Å². The second-order valence-corrected chi connectivity index (χ2v) is 5.95. The summed E-state index contributed by atoms with van der Waals surface area (Å²) in [7, 11) is 0. The molecule has 0 aromatic heterocycles. The zero-order valence-corrected chi connectivity index (χ0v) is 12.6. The van der Waals surface area contributed by atoms with Crippen LogP contribution in [0.2, 0.25) is 0 Å². The molecule has 0 radical (unpaired) electrons. The van der Waals surface area contributed by atoms with Gasteiger partial charge in [-0.25, -0.2) is 9.59 Å². The Bertz CT molecular complexity index is 556. The lowest BCUT2D eigenvalue weighted by molar-refractivity contribution is 0.0696. The van der Waals surface area contributed by atoms with Crippen molar-refractivity contribution in [3.63, 3.8) is 0 Å². The smallest absolute Gasteiger partial charge is 0.336 e. The van der Waals surface area contributed by atoms with Crippen molar-refractivity contribution in [3.05, 3.63) is 29.3 Å². The molecular weight excluding hydrogens is 268 g/mol. The minimum Gasteiger partial charge on any atom is -0.478 e. The van der Waals surface area contributed by atoms with Crippen LogP contribution in [0.5, 0.6) is 0 Å². The second-order valence-electron chi connectivity index (χ2n) is 5.95. The van der Waals surface area contributed by atoms with Crippen LogP contribution in [-0.2, 0) is 0 Å². The number of rotatable bonds is 3. The van der Waals surface area contributed by atoms with E-state index in [1.54, 1.807) is 19.1 Å². The minimum absolute atomic E-state index is 0.185. The number of carbonyl (C=O) groups excluding carboxylic acids is 1. The lowest BCUT2D eigenvalue weighted by Gasteiger charge is -2.20. The molecule has 1 aliphatic rings. The number of carboxylic acid groups (broad SMARTS) is 1. The van der Waals surface area contributed by atoms with Crippen LogP contribution in [0.25, 0.3) is 0 Å². The summed E-state index contributed by atoms with van der Waals surface area (Å²) in [4.78, 5) is 23.1. The van der Waals surface area contributed by atoms with E-state index < -0.39 is 5.97 Å². The summed E-state index contributed by atoms with van der Waals surface area (Å²) in [6.45, 7) is 6.08. The summed E-state index contributed by atoms with van der Waals surface area (Å²) in [5.74, 6) is 0.0893. The Balaban J connectivity index is 2.00. The minimum atomic E-state index is -0.991. The highest BCUT2D eigenvalue weighted by atomic mass is 16.4. The van der Waals surface area contributed by atoms with Crippen molar-refractivity contribution in [1.82, 2.24) is 5.32 Å². The number of carboxylic acids is 1. The molecule has 1 aliphatic carbocycles. The van der Waals surface area contributed by atoms with Crippen LogP contribution >= 0.6 is 0 Å². The highest BCUT2D eigenvalue weighted by Crippen LogP contribution is 2.31. The van der Waals surface area contributed by atoms with E-state index >= 15 is 0 Å². The highest BCUT2D eigenvalue weighted by Gasteiger charge is 2.30. The number of benzene rings is 1. The normalized spacial score (nSPS) is 24.6. The maximum atomic E-state index is 12.0. The third kappa shape index (κ3) is 3.54. The molecule has 0 bridgehead atoms. The molecule has 1 saturated carbocycles. The molecular formula is C16H22N2O3. The Morgan fingerprint density at radius 1 is 1.24 bits per heavy atom. The molecule has 2 rings (SSSR count). The fourth-order valence-corrected chi connectivity index (χ4v) is 2.83. The highest BCUT2D eigenvalue weighted by molar-refractivity contribution is 5.94. The average molecular weight is 290 g/mol. The van der Waals surface area contributed by atoms with Crippen molar-refractivity contribution in [2.24, 2.45) is 11.8 Å². The molecule has 114 valence electrons. The Hall–Kier alpha value is -2.04. The number of carbonyl (C=O) groups is 2. The predicted molar refractivity (Wildman–Crippen MR) is 81.6 cm³/mol. The van der Waals surface area contributed by atoms with E-state index in [1.807, 2.05) is 0 Å². The van der Waals surface area contributed by atoms with Gasteiger partial charge in [0, 0.05) is 11.7 Å². The fraction of sp³-hybridized carbons (Fsp3) is 0.500. The molecule has 1 fully saturated rings. The topological polar surface area (TPSA) is 78.4 Å². The number of anilines is 1. The third-order valence-electron chi connectivity index (χ3n) is 4.51. The van der Waals surface area contributed by atoms with Gasteiger partial charge in [0.25, 0.3) is 0 Å². The van der Waals surface area contributed by atoms with Crippen LogP contribution in [0.1, 0.15) is 42.6 Å². The van der Waals surface area contributed by atoms with E-state index in [2.05, 4.69) is 24.5 Å². The zero-order chi connectivity index (χ0) is 15.6. The quantitative estimate of drug-likeness (QED) is 0.799. The van der Waals surface area contributed by atoms with Gasteiger partial charge in [-0.2, -0.15) is 0 Å². The van der Waals surface area contributed by atoms with Gasteiger partial charge in [0.2, 0.25) is 0 Å². The van der Waals surface area contributed by atoms with Crippen molar-refractivity contribution >= 4 is 17.7 Å². The third-order valence-corrected chi connectivity index (χ3v) is 4.51. The van der Waals surface area contributed by atoms with Crippen molar-refractivity contribution in [2.75, 3.05) is 5.32 Å². The molecule has 0 heterocycles. The van der Waals surface area contributed by atoms with E-state index in [0.717, 1.165) is 12.8 Å². The number of aromatic carboxylic acids is 1. The summed E-state index contributed by atoms with van der Waals surface area (Å²) >= 11 is 0. The molecule has 0 aliphatic heterocycles. The van der Waals surface area contributed by atoms with Crippen LogP contribution in [0.3, 0.4) is 0 Å². The van der Waals surface area contributed by atoms with Gasteiger partial charge in [0.1, 0.15) is 0 Å². The molecule has 0 spiro atoms. The summed E-state index contributed by atoms with van der Waals surface area (Å²) < 4.78 is 0. The van der Waals surface area contributed by atoms with Gasteiger partial charge >= 0.3 is 12.0 Å².